The van der Waals surface area contributed by atoms with Gasteiger partial charge in [-0.3, -0.25) is 9.59 Å². The first-order valence-electron chi connectivity index (χ1n) is 32.1. The molecule has 0 aliphatic carbocycles. The van der Waals surface area contributed by atoms with Gasteiger partial charge in [0.1, 0.15) is 24.4 Å². The zero-order valence-corrected chi connectivity index (χ0v) is 49.6. The molecule has 77 heavy (non-hydrogen) atoms. The molecule has 1 rings (SSSR count). The summed E-state index contributed by atoms with van der Waals surface area (Å²) in [6.45, 7) is 5.66. The first-order valence-corrected chi connectivity index (χ1v) is 32.1. The molecule has 448 valence electrons. The van der Waals surface area contributed by atoms with Crippen molar-refractivity contribution in [1.29, 1.82) is 0 Å². The number of aliphatic hydroxyl groups excluding tert-OH is 5. The Kier molecular flexibility index (Phi) is 50.7. The molecule has 1 heterocycles. The lowest BCUT2D eigenvalue weighted by molar-refractivity contribution is -0.305. The number of hydrogen-bond acceptors (Lipinski definition) is 10. The summed E-state index contributed by atoms with van der Waals surface area (Å²) in [5, 5.41) is 57.0. The zero-order chi connectivity index (χ0) is 56.1. The number of carbonyl (C=O) groups is 2. The molecule has 0 aromatic carbocycles. The Morgan fingerprint density at radius 2 is 0.935 bits per heavy atom. The highest BCUT2D eigenvalue weighted by molar-refractivity contribution is 5.80. The number of hydrogen-bond donors (Lipinski definition) is 6. The molecule has 0 aromatic rings. The van der Waals surface area contributed by atoms with Crippen LogP contribution in [0.5, 0.6) is 0 Å². The first-order chi connectivity index (χ1) is 37.7. The fourth-order valence-corrected chi connectivity index (χ4v) is 9.96. The van der Waals surface area contributed by atoms with Crippen LogP contribution in [-0.2, 0) is 23.8 Å². The summed E-state index contributed by atoms with van der Waals surface area (Å²) in [5.41, 5.74) is 0. The molecule has 1 amide bonds. The van der Waals surface area contributed by atoms with Gasteiger partial charge >= 0.3 is 5.97 Å². The molecule has 6 N–H and O–H groups in total. The topological polar surface area (TPSA) is 175 Å². The predicted molar refractivity (Wildman–Crippen MR) is 320 cm³/mol. The van der Waals surface area contributed by atoms with E-state index in [0.29, 0.717) is 19.3 Å². The van der Waals surface area contributed by atoms with E-state index >= 15 is 0 Å². The second kappa shape index (κ2) is 54.0. The lowest BCUT2D eigenvalue weighted by Gasteiger charge is -2.41. The summed E-state index contributed by atoms with van der Waals surface area (Å²) in [4.78, 5) is 26.6. The lowest BCUT2D eigenvalue weighted by atomic mass is 9.99. The van der Waals surface area contributed by atoms with Crippen molar-refractivity contribution in [2.75, 3.05) is 13.2 Å². The highest BCUT2D eigenvalue weighted by Crippen LogP contribution is 2.26. The van der Waals surface area contributed by atoms with Crippen molar-refractivity contribution in [2.24, 2.45) is 0 Å². The maximum Gasteiger partial charge on any atom is 0.306 e. The Balaban J connectivity index is 2.67. The highest BCUT2D eigenvalue weighted by Gasteiger charge is 2.47. The molecule has 8 atom stereocenters. The van der Waals surface area contributed by atoms with Crippen LogP contribution in [0.25, 0.3) is 0 Å². The SMILES string of the molecule is CC/C=C/C=C/C=C/C=C\CCCCCCCC(=O)OC1C(OCC(NC(=O)C(O)CCCCCCCCCCCCCCCCCCCCCC)C(O)/C=C/CCCCCCCCCCCCC)OC(CO)C(O)C1O. The van der Waals surface area contributed by atoms with Gasteiger partial charge in [0.05, 0.1) is 25.4 Å². The van der Waals surface area contributed by atoms with Gasteiger partial charge in [-0.05, 0) is 44.9 Å². The molecule has 11 nitrogen and oxygen atoms in total. The van der Waals surface area contributed by atoms with Gasteiger partial charge in [0.25, 0.3) is 0 Å². The van der Waals surface area contributed by atoms with Crippen LogP contribution in [0.2, 0.25) is 0 Å². The molecule has 1 aliphatic rings. The van der Waals surface area contributed by atoms with Crippen LogP contribution in [-0.4, -0.2) is 99.6 Å². The number of unbranched alkanes of at least 4 members (excludes halogenated alkanes) is 35. The monoisotopic (exact) mass is 1090 g/mol. The van der Waals surface area contributed by atoms with Crippen LogP contribution < -0.4 is 5.32 Å². The smallest absolute Gasteiger partial charge is 0.306 e. The van der Waals surface area contributed by atoms with Gasteiger partial charge in [0.2, 0.25) is 5.91 Å². The van der Waals surface area contributed by atoms with E-state index in [1.807, 2.05) is 36.5 Å². The first kappa shape index (κ1) is 72.4. The van der Waals surface area contributed by atoms with Crippen LogP contribution >= 0.6 is 0 Å². The van der Waals surface area contributed by atoms with Gasteiger partial charge < -0.3 is 45.1 Å². The fraction of sp³-hybridized carbons (Fsp3) is 0.818. The van der Waals surface area contributed by atoms with E-state index in [0.717, 1.165) is 77.0 Å². The third-order valence-corrected chi connectivity index (χ3v) is 15.0. The second-order valence-electron chi connectivity index (χ2n) is 22.2. The number of nitrogens with one attached hydrogen (secondary N) is 1. The molecule has 8 unspecified atom stereocenters. The standard InChI is InChI=1S/C66H119NO10/c1-4-7-10-13-16-19-22-25-27-28-29-30-31-33-35-38-41-44-47-50-53-59(70)65(74)67-57(58(69)52-49-46-43-40-37-34-24-21-18-15-12-9-6-3)56-75-66-64(63(73)62(72)60(55-68)76-66)77-61(71)54-51-48-45-42-39-36-32-26-23-20-17-14-11-8-5-2/h8,11,14,17,20,23,26,32,49,52,57-60,62-64,66,68-70,72-73H,4-7,9-10,12-13,15-16,18-19,21-22,24-25,27-31,33-48,50-51,53-56H2,1-3H3,(H,67,74)/b11-8+,17-14+,23-20+,32-26-,52-49+. The normalized spacial score (nSPS) is 19.4. The molecular formula is C66H119NO10. The summed E-state index contributed by atoms with van der Waals surface area (Å²) in [6.07, 6.45) is 56.9. The summed E-state index contributed by atoms with van der Waals surface area (Å²) in [5.74, 6) is -1.21. The second-order valence-corrected chi connectivity index (χ2v) is 22.2. The number of carbonyl (C=O) groups excluding carboxylic acids is 2. The van der Waals surface area contributed by atoms with Gasteiger partial charge in [-0.1, -0.05) is 293 Å². The van der Waals surface area contributed by atoms with E-state index in [4.69, 9.17) is 14.2 Å². The van der Waals surface area contributed by atoms with Gasteiger partial charge in [-0.25, -0.2) is 0 Å². The van der Waals surface area contributed by atoms with E-state index in [1.165, 1.54) is 161 Å². The average molecular weight is 1090 g/mol. The molecule has 0 spiro atoms. The van der Waals surface area contributed by atoms with Crippen molar-refractivity contribution in [3.05, 3.63) is 60.8 Å². The van der Waals surface area contributed by atoms with Gasteiger partial charge in [0.15, 0.2) is 12.4 Å². The van der Waals surface area contributed by atoms with Crippen molar-refractivity contribution in [3.8, 4) is 0 Å². The molecule has 0 bridgehead atoms. The van der Waals surface area contributed by atoms with Crippen molar-refractivity contribution in [2.45, 2.75) is 333 Å². The van der Waals surface area contributed by atoms with Gasteiger partial charge in [0, 0.05) is 6.42 Å². The molecule has 1 fully saturated rings. The maximum atomic E-state index is 13.4. The van der Waals surface area contributed by atoms with Gasteiger partial charge in [-0.2, -0.15) is 0 Å². The lowest BCUT2D eigenvalue weighted by Crippen LogP contribution is -2.61. The molecule has 1 saturated heterocycles. The van der Waals surface area contributed by atoms with E-state index in [1.54, 1.807) is 6.08 Å². The number of esters is 1. The third kappa shape index (κ3) is 42.0. The molecule has 1 aliphatic heterocycles. The van der Waals surface area contributed by atoms with Crippen molar-refractivity contribution in [1.82, 2.24) is 5.32 Å². The van der Waals surface area contributed by atoms with E-state index in [-0.39, 0.29) is 13.0 Å². The van der Waals surface area contributed by atoms with Crippen molar-refractivity contribution < 1.29 is 49.3 Å². The Morgan fingerprint density at radius 1 is 0.519 bits per heavy atom. The summed E-state index contributed by atoms with van der Waals surface area (Å²) >= 11 is 0. The van der Waals surface area contributed by atoms with E-state index < -0.39 is 67.4 Å². The molecule has 0 aromatic heterocycles. The van der Waals surface area contributed by atoms with E-state index in [9.17, 15) is 35.1 Å². The van der Waals surface area contributed by atoms with Gasteiger partial charge in [-0.15, -0.1) is 0 Å². The number of aliphatic hydroxyl groups is 5. The molecule has 0 saturated carbocycles. The van der Waals surface area contributed by atoms with Crippen molar-refractivity contribution in [3.63, 3.8) is 0 Å². The largest absolute Gasteiger partial charge is 0.454 e. The van der Waals surface area contributed by atoms with Crippen LogP contribution in [0, 0.1) is 0 Å². The Hall–Kier alpha value is -2.64. The quantitative estimate of drug-likeness (QED) is 0.0149. The van der Waals surface area contributed by atoms with E-state index in [2.05, 4.69) is 44.3 Å². The average Bonchev–Trinajstić information content (AvgIpc) is 3.43. The number of rotatable bonds is 54. The minimum atomic E-state index is -1.62. The maximum absolute atomic E-state index is 13.4. The molecule has 0 radical (unpaired) electrons. The number of allylic oxidation sites excluding steroid dienone is 9. The molecule has 11 heteroatoms. The summed E-state index contributed by atoms with van der Waals surface area (Å²) < 4.78 is 17.6. The van der Waals surface area contributed by atoms with Crippen LogP contribution in [0.3, 0.4) is 0 Å². The zero-order valence-electron chi connectivity index (χ0n) is 49.6. The Labute approximate surface area is 471 Å². The Morgan fingerprint density at radius 3 is 1.40 bits per heavy atom. The highest BCUT2D eigenvalue weighted by atomic mass is 16.7. The van der Waals surface area contributed by atoms with Crippen molar-refractivity contribution >= 4 is 11.9 Å². The van der Waals surface area contributed by atoms with Crippen LogP contribution in [0.1, 0.15) is 284 Å². The predicted octanol–water partition coefficient (Wildman–Crippen LogP) is 15.4. The summed E-state index contributed by atoms with van der Waals surface area (Å²) in [7, 11) is 0. The minimum absolute atomic E-state index is 0.0971. The molecular weight excluding hydrogens is 967 g/mol. The third-order valence-electron chi connectivity index (χ3n) is 15.0. The van der Waals surface area contributed by atoms with Crippen LogP contribution in [0.4, 0.5) is 0 Å². The summed E-state index contributed by atoms with van der Waals surface area (Å²) in [6, 6.07) is -1.03. The minimum Gasteiger partial charge on any atom is -0.454 e. The number of ether oxygens (including phenoxy) is 3. The Bertz CT molecular complexity index is 1480. The van der Waals surface area contributed by atoms with Crippen LogP contribution in [0.15, 0.2) is 60.8 Å². The fourth-order valence-electron chi connectivity index (χ4n) is 9.96. The number of amides is 1.